The number of carbonyl (C=O) groups is 1. The highest BCUT2D eigenvalue weighted by Gasteiger charge is 2.24. The summed E-state index contributed by atoms with van der Waals surface area (Å²) >= 11 is 0. The fourth-order valence-corrected chi connectivity index (χ4v) is 3.14. The van der Waals surface area contributed by atoms with E-state index in [0.717, 1.165) is 5.56 Å². The first kappa shape index (κ1) is 22.1. The Morgan fingerprint density at radius 3 is 2.42 bits per heavy atom. The molecule has 0 saturated carbocycles. The molecule has 31 heavy (non-hydrogen) atoms. The van der Waals surface area contributed by atoms with Crippen LogP contribution in [-0.4, -0.2) is 22.2 Å². The summed E-state index contributed by atoms with van der Waals surface area (Å²) in [5, 5.41) is 9.36. The topological polar surface area (TPSA) is 88.6 Å². The fraction of sp³-hybridized carbons (Fsp3) is 0.250. The van der Waals surface area contributed by atoms with E-state index in [1.54, 1.807) is 57.2 Å². The average Bonchev–Trinajstić information content (AvgIpc) is 2.72. The third-order valence-corrected chi connectivity index (χ3v) is 4.80. The summed E-state index contributed by atoms with van der Waals surface area (Å²) in [5.41, 5.74) is 2.09. The third-order valence-electron chi connectivity index (χ3n) is 4.80. The van der Waals surface area contributed by atoms with Crippen LogP contribution in [0.15, 0.2) is 59.5 Å². The van der Waals surface area contributed by atoms with Crippen LogP contribution >= 0.6 is 0 Å². The van der Waals surface area contributed by atoms with Gasteiger partial charge in [-0.15, -0.1) is 0 Å². The van der Waals surface area contributed by atoms with Crippen molar-refractivity contribution in [1.82, 2.24) is 4.98 Å². The van der Waals surface area contributed by atoms with Crippen LogP contribution in [0.4, 0.5) is 4.39 Å². The summed E-state index contributed by atoms with van der Waals surface area (Å²) in [7, 11) is 0. The number of ether oxygens (including phenoxy) is 2. The van der Waals surface area contributed by atoms with Gasteiger partial charge in [0.1, 0.15) is 23.9 Å². The molecule has 6 nitrogen and oxygen atoms in total. The molecule has 0 aliphatic rings. The number of rotatable bonds is 8. The number of benzene rings is 2. The number of hydrogen-bond donors (Lipinski definition) is 2. The maximum absolute atomic E-state index is 13.1. The molecular formula is C24H24FNO5. The summed E-state index contributed by atoms with van der Waals surface area (Å²) in [5.74, 6) is -0.756. The molecule has 0 aliphatic carbocycles. The van der Waals surface area contributed by atoms with Crippen LogP contribution in [0.2, 0.25) is 0 Å². The van der Waals surface area contributed by atoms with Crippen molar-refractivity contribution in [3.05, 3.63) is 82.0 Å². The summed E-state index contributed by atoms with van der Waals surface area (Å²) in [6.45, 7) is 5.51. The Balaban J connectivity index is 1.88. The Kier molecular flexibility index (Phi) is 6.74. The summed E-state index contributed by atoms with van der Waals surface area (Å²) in [6.07, 6.45) is 0.523. The minimum Gasteiger partial charge on any atom is -0.488 e. The zero-order valence-corrected chi connectivity index (χ0v) is 17.5. The van der Waals surface area contributed by atoms with Crippen LogP contribution < -0.4 is 15.0 Å². The number of carboxylic acids is 1. The van der Waals surface area contributed by atoms with Gasteiger partial charge in [0.25, 0.3) is 5.56 Å². The molecule has 1 heterocycles. The molecule has 2 aromatic carbocycles. The quantitative estimate of drug-likeness (QED) is 0.553. The first-order chi connectivity index (χ1) is 14.8. The van der Waals surface area contributed by atoms with Gasteiger partial charge in [-0.2, -0.15) is 0 Å². The van der Waals surface area contributed by atoms with Crippen molar-refractivity contribution >= 4 is 5.97 Å². The van der Waals surface area contributed by atoms with Crippen molar-refractivity contribution in [3.8, 4) is 22.6 Å². The lowest BCUT2D eigenvalue weighted by Gasteiger charge is -2.20. The predicted molar refractivity (Wildman–Crippen MR) is 115 cm³/mol. The van der Waals surface area contributed by atoms with Gasteiger partial charge < -0.3 is 19.6 Å². The molecule has 0 aliphatic heterocycles. The van der Waals surface area contributed by atoms with E-state index in [0.29, 0.717) is 28.2 Å². The molecule has 3 aromatic rings. The number of aliphatic carboxylic acids is 1. The van der Waals surface area contributed by atoms with Gasteiger partial charge >= 0.3 is 5.97 Å². The maximum atomic E-state index is 13.1. The number of nitrogens with one attached hydrogen (secondary N) is 1. The number of aryl methyl sites for hydroxylation is 1. The third kappa shape index (κ3) is 5.31. The van der Waals surface area contributed by atoms with Crippen LogP contribution in [-0.2, 0) is 11.4 Å². The molecule has 0 saturated heterocycles. The van der Waals surface area contributed by atoms with E-state index >= 15 is 0 Å². The fourth-order valence-electron chi connectivity index (χ4n) is 3.14. The van der Waals surface area contributed by atoms with Gasteiger partial charge in [0.05, 0.1) is 5.56 Å². The van der Waals surface area contributed by atoms with E-state index in [9.17, 15) is 19.1 Å². The number of carboxylic acid groups (broad SMARTS) is 1. The molecule has 2 N–H and O–H groups in total. The largest absolute Gasteiger partial charge is 0.488 e. The molecule has 1 aromatic heterocycles. The molecule has 0 fully saturated rings. The number of hydrogen-bond acceptors (Lipinski definition) is 4. The minimum absolute atomic E-state index is 0.172. The molecule has 1 unspecified atom stereocenters. The minimum atomic E-state index is -1.03. The van der Waals surface area contributed by atoms with E-state index in [1.807, 2.05) is 0 Å². The van der Waals surface area contributed by atoms with Crippen LogP contribution in [0, 0.1) is 18.7 Å². The number of aromatic nitrogens is 1. The number of aromatic amines is 1. The zero-order valence-electron chi connectivity index (χ0n) is 17.5. The molecule has 0 radical (unpaired) electrons. The lowest BCUT2D eigenvalue weighted by molar-refractivity contribution is -0.147. The molecule has 0 amide bonds. The lowest BCUT2D eigenvalue weighted by Crippen LogP contribution is -2.32. The Morgan fingerprint density at radius 2 is 1.81 bits per heavy atom. The molecular weight excluding hydrogens is 401 g/mol. The molecule has 1 atom stereocenters. The van der Waals surface area contributed by atoms with Crippen molar-refractivity contribution in [1.29, 1.82) is 0 Å². The SMILES string of the molecule is Cc1cc(-c2c(OCc3ccc(F)cc3)cc[nH]c2=O)ccc1OC(C(=O)O)C(C)C. The molecule has 0 spiro atoms. The number of pyridine rings is 1. The maximum Gasteiger partial charge on any atom is 0.345 e. The van der Waals surface area contributed by atoms with Crippen LogP contribution in [0.1, 0.15) is 25.0 Å². The van der Waals surface area contributed by atoms with Gasteiger partial charge in [0, 0.05) is 12.1 Å². The van der Waals surface area contributed by atoms with Crippen molar-refractivity contribution in [2.45, 2.75) is 33.5 Å². The molecule has 162 valence electrons. The van der Waals surface area contributed by atoms with E-state index < -0.39 is 12.1 Å². The van der Waals surface area contributed by atoms with Crippen molar-refractivity contribution in [2.75, 3.05) is 0 Å². The molecule has 7 heteroatoms. The lowest BCUT2D eigenvalue weighted by atomic mass is 10.0. The summed E-state index contributed by atoms with van der Waals surface area (Å²) in [4.78, 5) is 26.6. The standard InChI is InChI=1S/C24H24FNO5/c1-14(2)22(24(28)29)31-19-9-6-17(12-15(19)3)21-20(10-11-26-23(21)27)30-13-16-4-7-18(25)8-5-16/h4-12,14,22H,13H2,1-3H3,(H,26,27)(H,28,29). The zero-order chi connectivity index (χ0) is 22.5. The summed E-state index contributed by atoms with van der Waals surface area (Å²) in [6, 6.07) is 12.7. The Hall–Kier alpha value is -3.61. The first-order valence-electron chi connectivity index (χ1n) is 9.85. The number of halogens is 1. The number of H-pyrrole nitrogens is 1. The van der Waals surface area contributed by atoms with E-state index in [-0.39, 0.29) is 23.9 Å². The normalized spacial score (nSPS) is 11.9. The second-order valence-corrected chi connectivity index (χ2v) is 7.56. The first-order valence-corrected chi connectivity index (χ1v) is 9.85. The van der Waals surface area contributed by atoms with Crippen LogP contribution in [0.3, 0.4) is 0 Å². The van der Waals surface area contributed by atoms with Gasteiger partial charge in [0.2, 0.25) is 0 Å². The highest BCUT2D eigenvalue weighted by molar-refractivity contribution is 5.74. The van der Waals surface area contributed by atoms with Gasteiger partial charge in [-0.25, -0.2) is 9.18 Å². The second-order valence-electron chi connectivity index (χ2n) is 7.56. The Labute approximate surface area is 179 Å². The molecule has 3 rings (SSSR count). The second kappa shape index (κ2) is 9.47. The van der Waals surface area contributed by atoms with Crippen molar-refractivity contribution < 1.29 is 23.8 Å². The highest BCUT2D eigenvalue weighted by Crippen LogP contribution is 2.31. The molecule has 0 bridgehead atoms. The average molecular weight is 425 g/mol. The smallest absolute Gasteiger partial charge is 0.345 e. The monoisotopic (exact) mass is 425 g/mol. The van der Waals surface area contributed by atoms with Gasteiger partial charge in [-0.3, -0.25) is 4.79 Å². The summed E-state index contributed by atoms with van der Waals surface area (Å²) < 4.78 is 24.6. The van der Waals surface area contributed by atoms with E-state index in [1.165, 1.54) is 18.3 Å². The van der Waals surface area contributed by atoms with Crippen LogP contribution in [0.25, 0.3) is 11.1 Å². The van der Waals surface area contributed by atoms with Gasteiger partial charge in [0.15, 0.2) is 6.10 Å². The van der Waals surface area contributed by atoms with Gasteiger partial charge in [-0.1, -0.05) is 32.0 Å². The van der Waals surface area contributed by atoms with E-state index in [4.69, 9.17) is 9.47 Å². The predicted octanol–water partition coefficient (Wildman–Crippen LogP) is 4.56. The Bertz CT molecular complexity index is 1120. The van der Waals surface area contributed by atoms with Gasteiger partial charge in [-0.05, 0) is 53.9 Å². The highest BCUT2D eigenvalue weighted by atomic mass is 19.1. The Morgan fingerprint density at radius 1 is 1.10 bits per heavy atom. The van der Waals surface area contributed by atoms with Crippen molar-refractivity contribution in [2.24, 2.45) is 5.92 Å². The van der Waals surface area contributed by atoms with Crippen molar-refractivity contribution in [3.63, 3.8) is 0 Å². The van der Waals surface area contributed by atoms with Crippen LogP contribution in [0.5, 0.6) is 11.5 Å². The van der Waals surface area contributed by atoms with E-state index in [2.05, 4.69) is 4.98 Å².